The summed E-state index contributed by atoms with van der Waals surface area (Å²) in [6, 6.07) is 0. The van der Waals surface area contributed by atoms with Gasteiger partial charge in [-0.05, 0) is 0 Å². The van der Waals surface area contributed by atoms with Gasteiger partial charge in [-0.2, -0.15) is 0 Å². The Morgan fingerprint density at radius 1 is 1.50 bits per heavy atom. The van der Waals surface area contributed by atoms with Crippen LogP contribution in [0.5, 0.6) is 0 Å². The maximum atomic E-state index is 7.05. The monoisotopic (exact) mass is 89.1 g/mol. The Labute approximate surface area is 40.3 Å². The van der Waals surface area contributed by atoms with Gasteiger partial charge in [-0.25, -0.2) is 0 Å². The second kappa shape index (κ2) is 2.16. The van der Waals surface area contributed by atoms with Crippen molar-refractivity contribution in [1.29, 1.82) is 0 Å². The van der Waals surface area contributed by atoms with E-state index in [9.17, 15) is 0 Å². The van der Waals surface area contributed by atoms with Gasteiger partial charge in [-0.15, -0.1) is 0 Å². The topological polar surface area (TPSA) is 21.3 Å². The second-order valence-electron chi connectivity index (χ2n) is 1.11. The third-order valence-electron chi connectivity index (χ3n) is 0.638. The van der Waals surface area contributed by atoms with Crippen LogP contribution < -0.4 is 5.32 Å². The first-order chi connectivity index (χ1) is 3.79. The fourth-order valence-electron chi connectivity index (χ4n) is 0.365. The largest absolute Gasteiger partial charge is 0.379 e. The summed E-state index contributed by atoms with van der Waals surface area (Å²) in [6.07, 6.45) is 0. The molecule has 1 heterocycles. The summed E-state index contributed by atoms with van der Waals surface area (Å²) in [5.74, 6) is 0. The molecule has 2 nitrogen and oxygen atoms in total. The third kappa shape index (κ3) is 0.954. The van der Waals surface area contributed by atoms with Crippen molar-refractivity contribution in [2.24, 2.45) is 0 Å². The first kappa shape index (κ1) is 2.28. The van der Waals surface area contributed by atoms with Gasteiger partial charge in [0.15, 0.2) is 0 Å². The summed E-state index contributed by atoms with van der Waals surface area (Å²) in [4.78, 5) is 0. The summed E-state index contributed by atoms with van der Waals surface area (Å²) in [5, 5.41) is 2.69. The van der Waals surface area contributed by atoms with E-state index in [0.29, 0.717) is 13.2 Å². The Morgan fingerprint density at radius 2 is 2.17 bits per heavy atom. The van der Waals surface area contributed by atoms with Crippen molar-refractivity contribution in [3.05, 3.63) is 0 Å². The summed E-state index contributed by atoms with van der Waals surface area (Å²) < 4.78 is 18.9. The summed E-state index contributed by atoms with van der Waals surface area (Å²) in [7, 11) is 0. The number of nitrogens with one attached hydrogen (secondary N) is 1. The van der Waals surface area contributed by atoms with Crippen molar-refractivity contribution in [1.82, 2.24) is 5.32 Å². The molecule has 2 atom stereocenters. The Balaban J connectivity index is 2.23. The highest BCUT2D eigenvalue weighted by atomic mass is 16.5. The number of morpholine rings is 1. The highest BCUT2D eigenvalue weighted by Crippen LogP contribution is 1.76. The number of hydrogen-bond acceptors (Lipinski definition) is 2. The molecule has 1 saturated heterocycles. The van der Waals surface area contributed by atoms with E-state index < -0.39 is 13.0 Å². The van der Waals surface area contributed by atoms with Gasteiger partial charge in [0.1, 0.15) is 0 Å². The van der Waals surface area contributed by atoms with E-state index >= 15 is 0 Å². The van der Waals surface area contributed by atoms with Gasteiger partial charge in [0.2, 0.25) is 0 Å². The predicted octanol–water partition coefficient (Wildman–Crippen LogP) is -0.394. The van der Waals surface area contributed by atoms with Crippen LogP contribution in [0.3, 0.4) is 0 Å². The van der Waals surface area contributed by atoms with Crippen molar-refractivity contribution >= 4 is 0 Å². The van der Waals surface area contributed by atoms with Crippen molar-refractivity contribution in [3.8, 4) is 0 Å². The van der Waals surface area contributed by atoms with Gasteiger partial charge >= 0.3 is 0 Å². The van der Waals surface area contributed by atoms with Crippen LogP contribution in [-0.4, -0.2) is 26.3 Å². The van der Waals surface area contributed by atoms with Gasteiger partial charge in [0.05, 0.1) is 13.2 Å². The standard InChI is InChI=1S/C4H9NO/c1-3-6-4-2-5-1/h5H,1-4H2/i1D,2D. The number of hydrogen-bond donors (Lipinski definition) is 1. The molecular formula is C4H9NO. The lowest BCUT2D eigenvalue weighted by Crippen LogP contribution is -2.30. The number of ether oxygens (including phenoxy) is 1. The molecule has 0 bridgehead atoms. The van der Waals surface area contributed by atoms with Crippen molar-refractivity contribution in [2.45, 2.75) is 0 Å². The van der Waals surface area contributed by atoms with Gasteiger partial charge < -0.3 is 10.1 Å². The van der Waals surface area contributed by atoms with Crippen LogP contribution in [0.15, 0.2) is 0 Å². The SMILES string of the molecule is [2H]C1COCC([2H])N1. The van der Waals surface area contributed by atoms with Crippen LogP contribution in [0.1, 0.15) is 2.74 Å². The van der Waals surface area contributed by atoms with Crippen LogP contribution in [0, 0.1) is 0 Å². The fourth-order valence-corrected chi connectivity index (χ4v) is 0.365. The van der Waals surface area contributed by atoms with Crippen LogP contribution in [0.2, 0.25) is 0 Å². The van der Waals surface area contributed by atoms with Crippen LogP contribution in [0.4, 0.5) is 0 Å². The lowest BCUT2D eigenvalue weighted by atomic mass is 10.5. The zero-order valence-corrected chi connectivity index (χ0v) is 3.48. The molecule has 1 N–H and O–H groups in total. The highest BCUT2D eigenvalue weighted by Gasteiger charge is 1.92. The summed E-state index contributed by atoms with van der Waals surface area (Å²) in [5.41, 5.74) is 0. The van der Waals surface area contributed by atoms with E-state index in [1.807, 2.05) is 0 Å². The maximum absolute atomic E-state index is 7.05. The fraction of sp³-hybridized carbons (Fsp3) is 1.00. The predicted molar refractivity (Wildman–Crippen MR) is 23.7 cm³/mol. The molecular weight excluding hydrogens is 78.0 g/mol. The van der Waals surface area contributed by atoms with E-state index in [1.165, 1.54) is 0 Å². The normalized spacial score (nSPS) is 53.3. The molecule has 0 radical (unpaired) electrons. The minimum atomic E-state index is -0.397. The quantitative estimate of drug-likeness (QED) is 0.436. The Morgan fingerprint density at radius 3 is 2.50 bits per heavy atom. The van der Waals surface area contributed by atoms with E-state index in [0.717, 1.165) is 0 Å². The van der Waals surface area contributed by atoms with E-state index in [1.54, 1.807) is 0 Å². The smallest absolute Gasteiger partial charge is 0.0591 e. The Bertz CT molecular complexity index is 72.4. The Kier molecular flexibility index (Phi) is 0.821. The van der Waals surface area contributed by atoms with Crippen molar-refractivity contribution < 1.29 is 7.48 Å². The number of rotatable bonds is 0. The lowest BCUT2D eigenvalue weighted by Gasteiger charge is -2.10. The zero-order chi connectivity index (χ0) is 5.98. The van der Waals surface area contributed by atoms with Crippen LogP contribution in [0.25, 0.3) is 0 Å². The third-order valence-corrected chi connectivity index (χ3v) is 0.638. The average Bonchev–Trinajstić information content (AvgIpc) is 1.64. The zero-order valence-electron chi connectivity index (χ0n) is 5.48. The first-order valence-corrected chi connectivity index (χ1v) is 1.97. The highest BCUT2D eigenvalue weighted by molar-refractivity contribution is 4.49. The van der Waals surface area contributed by atoms with Gasteiger partial charge in [-0.3, -0.25) is 0 Å². The van der Waals surface area contributed by atoms with E-state index in [4.69, 9.17) is 7.48 Å². The molecule has 0 aromatic heterocycles. The van der Waals surface area contributed by atoms with E-state index in [2.05, 4.69) is 5.32 Å². The summed E-state index contributed by atoms with van der Waals surface area (Å²) in [6.45, 7) is 0.0302. The average molecular weight is 89.1 g/mol. The molecule has 2 heteroatoms. The minimum absolute atomic E-state index is 0.397. The second-order valence-corrected chi connectivity index (χ2v) is 1.11. The van der Waals surface area contributed by atoms with E-state index in [-0.39, 0.29) is 0 Å². The molecule has 1 aliphatic rings. The van der Waals surface area contributed by atoms with Crippen LogP contribution >= 0.6 is 0 Å². The van der Waals surface area contributed by atoms with Crippen molar-refractivity contribution in [2.75, 3.05) is 26.3 Å². The molecule has 6 heavy (non-hydrogen) atoms. The summed E-state index contributed by atoms with van der Waals surface area (Å²) >= 11 is 0. The van der Waals surface area contributed by atoms with Gasteiger partial charge in [-0.1, -0.05) is 0 Å². The lowest BCUT2D eigenvalue weighted by molar-refractivity contribution is 0.109. The van der Waals surface area contributed by atoms with Gasteiger partial charge in [0, 0.05) is 15.8 Å². The molecule has 1 fully saturated rings. The molecule has 36 valence electrons. The molecule has 1 rings (SSSR count). The first-order valence-electron chi connectivity index (χ1n) is 3.13. The molecule has 0 aliphatic carbocycles. The molecule has 2 unspecified atom stereocenters. The van der Waals surface area contributed by atoms with Gasteiger partial charge in [0.25, 0.3) is 0 Å². The maximum Gasteiger partial charge on any atom is 0.0591 e. The molecule has 0 amide bonds. The molecule has 0 aromatic carbocycles. The molecule has 1 aliphatic heterocycles. The molecule has 0 saturated carbocycles. The van der Waals surface area contributed by atoms with Crippen LogP contribution in [-0.2, 0) is 4.74 Å². The van der Waals surface area contributed by atoms with Crippen molar-refractivity contribution in [3.63, 3.8) is 0 Å². The molecule has 0 spiro atoms. The Hall–Kier alpha value is -0.0800. The molecule has 0 aromatic rings. The minimum Gasteiger partial charge on any atom is -0.379 e.